The molecule has 2 heterocycles. The number of aliphatic hydroxyl groups is 1. The maximum Gasteiger partial charge on any atom is 0.162 e. The smallest absolute Gasteiger partial charge is 0.162 e. The Morgan fingerprint density at radius 3 is 2.20 bits per heavy atom. The number of rotatable bonds is 9. The van der Waals surface area contributed by atoms with E-state index in [1.807, 2.05) is 27.7 Å². The zero-order valence-corrected chi connectivity index (χ0v) is 28.3. The van der Waals surface area contributed by atoms with Crippen LogP contribution in [0.1, 0.15) is 89.8 Å². The summed E-state index contributed by atoms with van der Waals surface area (Å²) in [6.45, 7) is 16.7. The first-order chi connectivity index (χ1) is 18.6. The molecule has 4 rings (SSSR count). The number of allylic oxidation sites excluding steroid dienone is 2. The second kappa shape index (κ2) is 15.6. The monoisotopic (exact) mass is 736 g/mol. The van der Waals surface area contributed by atoms with Crippen LogP contribution < -0.4 is 0 Å². The standard InChI is InChI=1S/C21H19N2S.C13H24O2.Ir/c1-12(2)16-6-5-7-17-19-21(24-20(16)17)18(22-11-23-19)15-9-13(3)8-14(4)10-15;1-5-10(6-2)12(14)9-13(15)11(7-3)8-4;/h5-9,11-12H,1-4H3;9-11,14H,5-8H2,1-4H3;/q-1;;/b;12-9-;. The van der Waals surface area contributed by atoms with Gasteiger partial charge in [0.05, 0.1) is 11.3 Å². The fraction of sp³-hybridized carbons (Fsp3) is 0.441. The molecule has 0 aliphatic heterocycles. The molecule has 217 valence electrons. The molecule has 4 aromatic rings. The van der Waals surface area contributed by atoms with Crippen molar-refractivity contribution in [3.8, 4) is 11.3 Å². The first-order valence-electron chi connectivity index (χ1n) is 14.3. The summed E-state index contributed by atoms with van der Waals surface area (Å²) in [5.41, 5.74) is 6.85. The summed E-state index contributed by atoms with van der Waals surface area (Å²) in [4.78, 5) is 20.9. The molecule has 0 spiro atoms. The summed E-state index contributed by atoms with van der Waals surface area (Å²) in [5, 5.41) is 11.0. The molecule has 6 heteroatoms. The fourth-order valence-corrected chi connectivity index (χ4v) is 6.49. The van der Waals surface area contributed by atoms with Crippen LogP contribution in [0.2, 0.25) is 0 Å². The molecule has 40 heavy (non-hydrogen) atoms. The van der Waals surface area contributed by atoms with Gasteiger partial charge in [0.15, 0.2) is 5.78 Å². The van der Waals surface area contributed by atoms with E-state index >= 15 is 0 Å². The first kappa shape index (κ1) is 33.8. The summed E-state index contributed by atoms with van der Waals surface area (Å²) in [6, 6.07) is 14.3. The molecule has 0 aliphatic carbocycles. The van der Waals surface area contributed by atoms with Gasteiger partial charge in [-0.15, -0.1) is 46.2 Å². The average molecular weight is 736 g/mol. The van der Waals surface area contributed by atoms with Gasteiger partial charge < -0.3 is 5.11 Å². The van der Waals surface area contributed by atoms with Crippen molar-refractivity contribution in [2.75, 3.05) is 0 Å². The van der Waals surface area contributed by atoms with Gasteiger partial charge >= 0.3 is 0 Å². The molecular weight excluding hydrogens is 693 g/mol. The average Bonchev–Trinajstić information content (AvgIpc) is 3.29. The molecule has 0 saturated heterocycles. The number of thiophene rings is 1. The second-order valence-electron chi connectivity index (χ2n) is 10.6. The largest absolute Gasteiger partial charge is 0.512 e. The van der Waals surface area contributed by atoms with Crippen molar-refractivity contribution in [1.29, 1.82) is 0 Å². The topological polar surface area (TPSA) is 63.1 Å². The van der Waals surface area contributed by atoms with E-state index in [1.54, 1.807) is 17.7 Å². The van der Waals surface area contributed by atoms with Crippen molar-refractivity contribution in [1.82, 2.24) is 9.97 Å². The zero-order valence-electron chi connectivity index (χ0n) is 25.1. The van der Waals surface area contributed by atoms with Crippen molar-refractivity contribution in [3.63, 3.8) is 0 Å². The second-order valence-corrected chi connectivity index (χ2v) is 11.7. The van der Waals surface area contributed by atoms with Crippen molar-refractivity contribution >= 4 is 37.4 Å². The van der Waals surface area contributed by atoms with Crippen LogP contribution in [0.4, 0.5) is 0 Å². The predicted octanol–water partition coefficient (Wildman–Crippen LogP) is 9.92. The summed E-state index contributed by atoms with van der Waals surface area (Å²) >= 11 is 1.80. The third-order valence-corrected chi connectivity index (χ3v) is 8.67. The number of aromatic nitrogens is 2. The van der Waals surface area contributed by atoms with E-state index in [2.05, 4.69) is 74.1 Å². The van der Waals surface area contributed by atoms with Crippen molar-refractivity contribution in [2.24, 2.45) is 11.8 Å². The first-order valence-corrected chi connectivity index (χ1v) is 15.1. The molecule has 2 aromatic carbocycles. The van der Waals surface area contributed by atoms with Gasteiger partial charge in [0.2, 0.25) is 0 Å². The van der Waals surface area contributed by atoms with Crippen LogP contribution in [-0.4, -0.2) is 20.9 Å². The van der Waals surface area contributed by atoms with Gasteiger partial charge in [-0.1, -0.05) is 73.6 Å². The Morgan fingerprint density at radius 1 is 0.975 bits per heavy atom. The van der Waals surface area contributed by atoms with E-state index in [1.165, 1.54) is 27.3 Å². The Kier molecular flexibility index (Phi) is 13.1. The molecule has 0 amide bonds. The number of nitrogens with zero attached hydrogens (tertiary/aromatic N) is 2. The molecule has 4 nitrogen and oxygen atoms in total. The third-order valence-electron chi connectivity index (χ3n) is 7.42. The van der Waals surface area contributed by atoms with Crippen LogP contribution in [0, 0.1) is 31.7 Å². The van der Waals surface area contributed by atoms with Crippen molar-refractivity contribution in [2.45, 2.75) is 87.0 Å². The van der Waals surface area contributed by atoms with E-state index in [0.717, 1.165) is 52.7 Å². The van der Waals surface area contributed by atoms with Gasteiger partial charge in [0.25, 0.3) is 0 Å². The molecule has 0 fully saturated rings. The maximum absolute atomic E-state index is 11.7. The number of aliphatic hydroxyl groups excluding tert-OH is 1. The molecular formula is C34H43IrN2O2S-. The molecule has 0 aliphatic rings. The van der Waals surface area contributed by atoms with E-state index in [0.29, 0.717) is 5.92 Å². The Labute approximate surface area is 257 Å². The van der Waals surface area contributed by atoms with Gasteiger partial charge in [-0.25, -0.2) is 4.98 Å². The molecule has 0 unspecified atom stereocenters. The number of benzene rings is 2. The Bertz CT molecular complexity index is 1430. The molecule has 0 atom stereocenters. The quantitative estimate of drug-likeness (QED) is 0.106. The fourth-order valence-electron chi connectivity index (χ4n) is 5.07. The number of carbonyl (C=O) groups excluding carboxylic acids is 1. The number of hydrogen-bond acceptors (Lipinski definition) is 5. The van der Waals surface area contributed by atoms with E-state index in [-0.39, 0.29) is 43.5 Å². The Balaban J connectivity index is 0.000000307. The Morgan fingerprint density at radius 2 is 1.62 bits per heavy atom. The molecule has 0 saturated carbocycles. The molecule has 0 bridgehead atoms. The van der Waals surface area contributed by atoms with Gasteiger partial charge in [0.1, 0.15) is 6.33 Å². The SMILES string of the molecule is CCC(CC)C(=O)/C=C(\O)C(CC)CC.Cc1[c-]c(-c2ncnc3c2sc2c(C(C)C)cccc23)cc(C)c1.[Ir]. The number of fused-ring (bicyclic) bond motifs is 3. The van der Waals surface area contributed by atoms with Crippen LogP contribution in [0.5, 0.6) is 0 Å². The molecule has 2 aromatic heterocycles. The number of aryl methyl sites for hydroxylation is 2. The van der Waals surface area contributed by atoms with Gasteiger partial charge in [0, 0.05) is 58.5 Å². The number of hydrogen-bond donors (Lipinski definition) is 1. The van der Waals surface area contributed by atoms with Gasteiger partial charge in [-0.2, -0.15) is 0 Å². The minimum atomic E-state index is 0. The van der Waals surface area contributed by atoms with E-state index < -0.39 is 0 Å². The molecule has 1 N–H and O–H groups in total. The maximum atomic E-state index is 11.7. The van der Waals surface area contributed by atoms with Crippen LogP contribution in [0.3, 0.4) is 0 Å². The van der Waals surface area contributed by atoms with Crippen molar-refractivity contribution in [3.05, 3.63) is 71.3 Å². The summed E-state index contributed by atoms with van der Waals surface area (Å²) in [6.07, 6.45) is 6.58. The van der Waals surface area contributed by atoms with Crippen LogP contribution in [-0.2, 0) is 24.9 Å². The zero-order chi connectivity index (χ0) is 28.7. The summed E-state index contributed by atoms with van der Waals surface area (Å²) < 4.78 is 2.48. The van der Waals surface area contributed by atoms with E-state index in [4.69, 9.17) is 0 Å². The van der Waals surface area contributed by atoms with E-state index in [9.17, 15) is 9.90 Å². The Hall–Kier alpha value is -2.40. The van der Waals surface area contributed by atoms with Gasteiger partial charge in [-0.05, 0) is 37.2 Å². The normalized spacial score (nSPS) is 11.7. The third kappa shape index (κ3) is 7.87. The van der Waals surface area contributed by atoms with Crippen LogP contribution >= 0.6 is 11.3 Å². The number of carbonyl (C=O) groups is 1. The minimum Gasteiger partial charge on any atom is -0.512 e. The van der Waals surface area contributed by atoms with Crippen LogP contribution in [0.25, 0.3) is 31.6 Å². The summed E-state index contributed by atoms with van der Waals surface area (Å²) in [5.74, 6) is 1.04. The minimum absolute atomic E-state index is 0. The van der Waals surface area contributed by atoms with Crippen molar-refractivity contribution < 1.29 is 30.0 Å². The molecule has 1 radical (unpaired) electrons. The van der Waals surface area contributed by atoms with Crippen LogP contribution in [0.15, 0.2) is 48.5 Å². The number of ketones is 1. The van der Waals surface area contributed by atoms with Gasteiger partial charge in [-0.3, -0.25) is 9.78 Å². The predicted molar refractivity (Wildman–Crippen MR) is 167 cm³/mol. The summed E-state index contributed by atoms with van der Waals surface area (Å²) in [7, 11) is 0.